The van der Waals surface area contributed by atoms with Crippen molar-refractivity contribution >= 4 is 5.91 Å². The summed E-state index contributed by atoms with van der Waals surface area (Å²) in [5.74, 6) is 0.499. The van der Waals surface area contributed by atoms with Gasteiger partial charge in [-0.15, -0.1) is 0 Å². The number of carbonyl (C=O) groups excluding carboxylic acids is 1. The quantitative estimate of drug-likeness (QED) is 0.598. The molecule has 0 bridgehead atoms. The van der Waals surface area contributed by atoms with E-state index in [4.69, 9.17) is 4.74 Å². The van der Waals surface area contributed by atoms with Gasteiger partial charge in [-0.25, -0.2) is 0 Å². The van der Waals surface area contributed by atoms with Crippen molar-refractivity contribution in [2.24, 2.45) is 11.3 Å². The fraction of sp³-hybridized carbons (Fsp3) is 0.588. The van der Waals surface area contributed by atoms with E-state index in [1.807, 2.05) is 54.5 Å². The monoisotopic (exact) mass is 281 g/mol. The maximum absolute atomic E-state index is 12.1. The molecule has 20 heavy (non-hydrogen) atoms. The van der Waals surface area contributed by atoms with Crippen LogP contribution in [0.4, 0.5) is 0 Å². The molecule has 0 aromatic heterocycles. The van der Waals surface area contributed by atoms with Crippen molar-refractivity contribution in [2.75, 3.05) is 7.11 Å². The lowest BCUT2D eigenvalue weighted by Crippen LogP contribution is -2.36. The lowest BCUT2D eigenvalue weighted by atomic mass is 9.81. The Labute approximate surface area is 124 Å². The van der Waals surface area contributed by atoms with Crippen LogP contribution >= 0.6 is 0 Å². The molecule has 1 N–H and O–H groups in total. The molecule has 0 spiro atoms. The van der Waals surface area contributed by atoms with Gasteiger partial charge in [-0.05, 0) is 18.4 Å². The highest BCUT2D eigenvalue weighted by Gasteiger charge is 2.27. The Bertz CT molecular complexity index is 360. The van der Waals surface area contributed by atoms with Gasteiger partial charge in [-0.3, -0.25) is 4.79 Å². The number of allylic oxidation sites excluding steroid dienone is 3. The molecule has 116 valence electrons. The van der Waals surface area contributed by atoms with Gasteiger partial charge in [0, 0.05) is 5.92 Å². The maximum Gasteiger partial charge on any atom is 0.227 e. The zero-order valence-corrected chi connectivity index (χ0v) is 14.3. The third kappa shape index (κ3) is 7.17. The summed E-state index contributed by atoms with van der Waals surface area (Å²) in [4.78, 5) is 12.1. The third-order valence-electron chi connectivity index (χ3n) is 2.99. The van der Waals surface area contributed by atoms with Crippen molar-refractivity contribution in [3.8, 4) is 0 Å². The van der Waals surface area contributed by atoms with Crippen LogP contribution in [0.2, 0.25) is 0 Å². The number of methoxy groups -OCH3 is 1. The summed E-state index contributed by atoms with van der Waals surface area (Å²) >= 11 is 0. The number of hydrogen-bond acceptors (Lipinski definition) is 2. The van der Waals surface area contributed by atoms with Crippen LogP contribution in [-0.4, -0.2) is 13.0 Å². The summed E-state index contributed by atoms with van der Waals surface area (Å²) in [6.45, 7) is 17.5. The van der Waals surface area contributed by atoms with Crippen LogP contribution in [0, 0.1) is 11.3 Å². The van der Waals surface area contributed by atoms with E-state index in [9.17, 15) is 4.79 Å². The van der Waals surface area contributed by atoms with Crippen molar-refractivity contribution in [1.82, 2.24) is 5.32 Å². The molecular weight excluding hydrogens is 250 g/mol. The zero-order valence-electron chi connectivity index (χ0n) is 14.3. The molecule has 0 rings (SSSR count). The number of amides is 1. The minimum absolute atomic E-state index is 0.0115. The Morgan fingerprint density at radius 1 is 1.30 bits per heavy atom. The Hall–Kier alpha value is -1.51. The molecular formula is C17H31NO2. The lowest BCUT2D eigenvalue weighted by Gasteiger charge is -2.26. The van der Waals surface area contributed by atoms with Crippen LogP contribution in [0.3, 0.4) is 0 Å². The minimum atomic E-state index is -0.0886. The first-order chi connectivity index (χ1) is 9.27. The van der Waals surface area contributed by atoms with Gasteiger partial charge in [-0.1, -0.05) is 60.3 Å². The van der Waals surface area contributed by atoms with Gasteiger partial charge in [0.25, 0.3) is 0 Å². The van der Waals surface area contributed by atoms with Gasteiger partial charge in [0.2, 0.25) is 5.91 Å². The highest BCUT2D eigenvalue weighted by molar-refractivity contribution is 5.81. The number of carbonyl (C=O) groups is 1. The van der Waals surface area contributed by atoms with E-state index >= 15 is 0 Å². The molecule has 1 atom stereocenters. The van der Waals surface area contributed by atoms with Crippen molar-refractivity contribution in [3.63, 3.8) is 0 Å². The molecule has 3 heteroatoms. The van der Waals surface area contributed by atoms with Gasteiger partial charge >= 0.3 is 0 Å². The molecule has 0 saturated carbocycles. The van der Waals surface area contributed by atoms with Gasteiger partial charge in [-0.2, -0.15) is 0 Å². The van der Waals surface area contributed by atoms with E-state index in [0.29, 0.717) is 11.5 Å². The van der Waals surface area contributed by atoms with Gasteiger partial charge in [0.1, 0.15) is 5.76 Å². The number of hydrogen-bond donors (Lipinski definition) is 1. The summed E-state index contributed by atoms with van der Waals surface area (Å²) < 4.78 is 5.22. The molecule has 0 saturated heterocycles. The van der Waals surface area contributed by atoms with E-state index in [0.717, 1.165) is 0 Å². The second-order valence-electron chi connectivity index (χ2n) is 5.25. The highest BCUT2D eigenvalue weighted by atomic mass is 16.5. The molecule has 0 radical (unpaired) electrons. The lowest BCUT2D eigenvalue weighted by molar-refractivity contribution is -0.126. The normalized spacial score (nSPS) is 13.8. The molecule has 0 aromatic rings. The minimum Gasteiger partial charge on any atom is -0.495 e. The molecule has 0 fully saturated rings. The molecule has 3 nitrogen and oxygen atoms in total. The van der Waals surface area contributed by atoms with E-state index in [1.54, 1.807) is 19.3 Å². The second-order valence-corrected chi connectivity index (χ2v) is 5.25. The summed E-state index contributed by atoms with van der Waals surface area (Å²) in [7, 11) is 1.57. The first-order valence-electron chi connectivity index (χ1n) is 7.12. The van der Waals surface area contributed by atoms with Crippen molar-refractivity contribution in [2.45, 2.75) is 48.5 Å². The third-order valence-corrected chi connectivity index (χ3v) is 2.99. The first-order valence-corrected chi connectivity index (χ1v) is 7.12. The summed E-state index contributed by atoms with van der Waals surface area (Å²) in [5.41, 5.74) is 0.594. The van der Waals surface area contributed by atoms with E-state index in [1.165, 1.54) is 0 Å². The predicted molar refractivity (Wildman–Crippen MR) is 87.2 cm³/mol. The summed E-state index contributed by atoms with van der Waals surface area (Å²) in [5, 5.41) is 2.89. The van der Waals surface area contributed by atoms with Gasteiger partial charge in [0.15, 0.2) is 0 Å². The topological polar surface area (TPSA) is 38.3 Å². The second kappa shape index (κ2) is 10.3. The van der Waals surface area contributed by atoms with Gasteiger partial charge < -0.3 is 10.1 Å². The Kier molecular flexibility index (Phi) is 10.7. The Morgan fingerprint density at radius 2 is 1.80 bits per heavy atom. The van der Waals surface area contributed by atoms with Crippen LogP contribution in [0.5, 0.6) is 0 Å². The van der Waals surface area contributed by atoms with Gasteiger partial charge in [0.05, 0.1) is 12.8 Å². The molecule has 1 unspecified atom stereocenters. The predicted octanol–water partition coefficient (Wildman–Crippen LogP) is 4.43. The molecule has 0 aliphatic heterocycles. The van der Waals surface area contributed by atoms with Crippen molar-refractivity contribution in [1.29, 1.82) is 0 Å². The van der Waals surface area contributed by atoms with Crippen molar-refractivity contribution in [3.05, 3.63) is 36.3 Å². The van der Waals surface area contributed by atoms with Crippen molar-refractivity contribution < 1.29 is 9.53 Å². The van der Waals surface area contributed by atoms with E-state index < -0.39 is 0 Å². The molecule has 0 aliphatic rings. The summed E-state index contributed by atoms with van der Waals surface area (Å²) in [6, 6.07) is 0. The average Bonchev–Trinajstić information content (AvgIpc) is 2.42. The summed E-state index contributed by atoms with van der Waals surface area (Å²) in [6.07, 6.45) is 5.16. The first kappa shape index (κ1) is 20.8. The highest BCUT2D eigenvalue weighted by Crippen LogP contribution is 2.25. The smallest absolute Gasteiger partial charge is 0.227 e. The standard InChI is InChI=1S/C15H25NO2.C2H6/c1-8-10-13(18-7)12(9-2)16-14(17)11(3)15(4,5)6;1-2/h8-11H,1H2,2-7H3,(H,16,17);1-2H3/b12-9+,13-10+;. The van der Waals surface area contributed by atoms with E-state index in [-0.39, 0.29) is 17.2 Å². The van der Waals surface area contributed by atoms with Crippen LogP contribution < -0.4 is 5.32 Å². The largest absolute Gasteiger partial charge is 0.495 e. The number of rotatable bonds is 5. The molecule has 0 aromatic carbocycles. The number of ether oxygens (including phenoxy) is 1. The van der Waals surface area contributed by atoms with Crippen LogP contribution in [-0.2, 0) is 9.53 Å². The van der Waals surface area contributed by atoms with Crippen LogP contribution in [0.15, 0.2) is 36.3 Å². The average molecular weight is 281 g/mol. The van der Waals surface area contributed by atoms with Crippen LogP contribution in [0.25, 0.3) is 0 Å². The molecule has 0 heterocycles. The SMILES string of the molecule is C=C/C=C(OC)\C(=C/C)NC(=O)C(C)C(C)(C)C.CC. The molecule has 1 amide bonds. The fourth-order valence-electron chi connectivity index (χ4n) is 1.29. The Morgan fingerprint density at radius 3 is 2.10 bits per heavy atom. The van der Waals surface area contributed by atoms with Crippen LogP contribution in [0.1, 0.15) is 48.5 Å². The fourth-order valence-corrected chi connectivity index (χ4v) is 1.29. The Balaban J connectivity index is 0. The maximum atomic E-state index is 12.1. The zero-order chi connectivity index (χ0) is 16.3. The molecule has 0 aliphatic carbocycles. The van der Waals surface area contributed by atoms with E-state index in [2.05, 4.69) is 11.9 Å². The number of nitrogens with one attached hydrogen (secondary N) is 1.